The van der Waals surface area contributed by atoms with Crippen molar-refractivity contribution in [3.05, 3.63) is 70.7 Å². The molecule has 0 bridgehead atoms. The Bertz CT molecular complexity index is 659. The molecule has 2 aromatic rings. The van der Waals surface area contributed by atoms with Gasteiger partial charge in [-0.2, -0.15) is 0 Å². The van der Waals surface area contributed by atoms with E-state index in [0.29, 0.717) is 10.6 Å². The summed E-state index contributed by atoms with van der Waals surface area (Å²) in [7, 11) is 0. The summed E-state index contributed by atoms with van der Waals surface area (Å²) in [5.74, 6) is 0. The highest BCUT2D eigenvalue weighted by atomic mass is 35.5. The molecule has 2 atom stereocenters. The van der Waals surface area contributed by atoms with Crippen LogP contribution in [-0.2, 0) is 10.3 Å². The topological polar surface area (TPSA) is 61.7 Å². The first-order valence-electron chi connectivity index (χ1n) is 8.16. The van der Waals surface area contributed by atoms with Crippen LogP contribution < -0.4 is 5.32 Å². The van der Waals surface area contributed by atoms with Crippen molar-refractivity contribution in [3.63, 3.8) is 0 Å². The quantitative estimate of drug-likeness (QED) is 0.728. The maximum Gasteiger partial charge on any atom is 0.186 e. The molecule has 0 saturated carbocycles. The lowest BCUT2D eigenvalue weighted by Crippen LogP contribution is -2.45. The number of aliphatic hydroxyl groups is 2. The fourth-order valence-corrected chi connectivity index (χ4v) is 3.40. The summed E-state index contributed by atoms with van der Waals surface area (Å²) in [5, 5.41) is 24.8. The van der Waals surface area contributed by atoms with Crippen LogP contribution in [0.5, 0.6) is 0 Å². The van der Waals surface area contributed by atoms with E-state index in [9.17, 15) is 10.2 Å². The minimum absolute atomic E-state index is 0.512. The highest BCUT2D eigenvalue weighted by molar-refractivity contribution is 6.30. The molecule has 1 saturated heterocycles. The van der Waals surface area contributed by atoms with Crippen LogP contribution in [0.15, 0.2) is 54.6 Å². The van der Waals surface area contributed by atoms with Crippen LogP contribution in [0.2, 0.25) is 5.02 Å². The molecular formula is C19H22ClNO3. The Morgan fingerprint density at radius 3 is 2.38 bits per heavy atom. The summed E-state index contributed by atoms with van der Waals surface area (Å²) < 4.78 is 6.04. The number of benzene rings is 2. The van der Waals surface area contributed by atoms with Crippen molar-refractivity contribution in [2.45, 2.75) is 30.8 Å². The van der Waals surface area contributed by atoms with Gasteiger partial charge in [0.1, 0.15) is 6.10 Å². The summed E-state index contributed by atoms with van der Waals surface area (Å²) in [6, 6.07) is 16.7. The second-order valence-corrected chi connectivity index (χ2v) is 6.56. The first-order valence-corrected chi connectivity index (χ1v) is 8.54. The van der Waals surface area contributed by atoms with Gasteiger partial charge in [-0.3, -0.25) is 0 Å². The van der Waals surface area contributed by atoms with Crippen molar-refractivity contribution in [3.8, 4) is 0 Å². The maximum atomic E-state index is 10.5. The lowest BCUT2D eigenvalue weighted by molar-refractivity contribution is -0.238. The zero-order valence-electron chi connectivity index (χ0n) is 13.4. The summed E-state index contributed by atoms with van der Waals surface area (Å²) in [6.07, 6.45) is -1.02. The van der Waals surface area contributed by atoms with Gasteiger partial charge in [-0.05, 0) is 49.2 Å². The van der Waals surface area contributed by atoms with Crippen LogP contribution in [0.25, 0.3) is 0 Å². The molecule has 0 aromatic heterocycles. The molecule has 3 rings (SSSR count). The summed E-state index contributed by atoms with van der Waals surface area (Å²) in [4.78, 5) is 0. The van der Waals surface area contributed by atoms with Gasteiger partial charge in [-0.15, -0.1) is 0 Å². The number of halogens is 1. The SMILES string of the molecule is OC(OC1(c2ccccc2)CCNCC1)C(O)c1cccc(Cl)c1. The molecule has 5 heteroatoms. The molecular weight excluding hydrogens is 326 g/mol. The normalized spacial score (nSPS) is 19.6. The van der Waals surface area contributed by atoms with Crippen LogP contribution >= 0.6 is 11.6 Å². The molecule has 1 aliphatic heterocycles. The van der Waals surface area contributed by atoms with E-state index in [1.54, 1.807) is 24.3 Å². The van der Waals surface area contributed by atoms with E-state index in [2.05, 4.69) is 5.32 Å². The Morgan fingerprint density at radius 2 is 1.71 bits per heavy atom. The highest BCUT2D eigenvalue weighted by Crippen LogP contribution is 2.37. The number of hydrogen-bond donors (Lipinski definition) is 3. The Hall–Kier alpha value is -1.43. The Kier molecular flexibility index (Phi) is 5.54. The van der Waals surface area contributed by atoms with E-state index in [-0.39, 0.29) is 0 Å². The highest BCUT2D eigenvalue weighted by Gasteiger charge is 2.38. The zero-order valence-corrected chi connectivity index (χ0v) is 14.1. The minimum atomic E-state index is -1.33. The second-order valence-electron chi connectivity index (χ2n) is 6.12. The average molecular weight is 348 g/mol. The molecule has 1 heterocycles. The Labute approximate surface area is 147 Å². The smallest absolute Gasteiger partial charge is 0.186 e. The average Bonchev–Trinajstić information content (AvgIpc) is 2.62. The van der Waals surface area contributed by atoms with Crippen molar-refractivity contribution in [1.82, 2.24) is 5.32 Å². The van der Waals surface area contributed by atoms with Gasteiger partial charge in [0, 0.05) is 5.02 Å². The summed E-state index contributed by atoms with van der Waals surface area (Å²) >= 11 is 5.97. The van der Waals surface area contributed by atoms with Crippen molar-refractivity contribution in [2.75, 3.05) is 13.1 Å². The first kappa shape index (κ1) is 17.4. The lowest BCUT2D eigenvalue weighted by atomic mass is 9.84. The van der Waals surface area contributed by atoms with Crippen molar-refractivity contribution in [1.29, 1.82) is 0 Å². The molecule has 0 aliphatic carbocycles. The molecule has 128 valence electrons. The maximum absolute atomic E-state index is 10.5. The van der Waals surface area contributed by atoms with Gasteiger partial charge in [-0.25, -0.2) is 0 Å². The number of nitrogens with one attached hydrogen (secondary N) is 1. The zero-order chi connectivity index (χ0) is 17.0. The van der Waals surface area contributed by atoms with Crippen molar-refractivity contribution in [2.24, 2.45) is 0 Å². The van der Waals surface area contributed by atoms with Gasteiger partial charge in [0.05, 0.1) is 5.60 Å². The molecule has 24 heavy (non-hydrogen) atoms. The van der Waals surface area contributed by atoms with Crippen LogP contribution in [0, 0.1) is 0 Å². The van der Waals surface area contributed by atoms with E-state index >= 15 is 0 Å². The predicted octanol–water partition coefficient (Wildman–Crippen LogP) is 2.99. The molecule has 0 radical (unpaired) electrons. The first-order chi connectivity index (χ1) is 11.6. The van der Waals surface area contributed by atoms with Gasteiger partial charge >= 0.3 is 0 Å². The van der Waals surface area contributed by atoms with Gasteiger partial charge in [0.15, 0.2) is 6.29 Å². The number of rotatable bonds is 5. The monoisotopic (exact) mass is 347 g/mol. The molecule has 3 N–H and O–H groups in total. The number of piperidine rings is 1. The van der Waals surface area contributed by atoms with Gasteiger partial charge in [-0.1, -0.05) is 54.1 Å². The molecule has 0 amide bonds. The fraction of sp³-hybridized carbons (Fsp3) is 0.368. The third-order valence-electron chi connectivity index (χ3n) is 4.52. The molecule has 0 spiro atoms. The van der Waals surface area contributed by atoms with Gasteiger partial charge in [0.25, 0.3) is 0 Å². The summed E-state index contributed by atoms with van der Waals surface area (Å²) in [6.45, 7) is 1.60. The van der Waals surface area contributed by atoms with E-state index in [1.165, 1.54) is 0 Å². The Balaban J connectivity index is 1.82. The largest absolute Gasteiger partial charge is 0.383 e. The molecule has 1 aliphatic rings. The van der Waals surface area contributed by atoms with E-state index in [4.69, 9.17) is 16.3 Å². The van der Waals surface area contributed by atoms with E-state index in [1.807, 2.05) is 30.3 Å². The summed E-state index contributed by atoms with van der Waals surface area (Å²) in [5.41, 5.74) is 0.946. The van der Waals surface area contributed by atoms with Gasteiger partial charge < -0.3 is 20.3 Å². The second kappa shape index (κ2) is 7.64. The van der Waals surface area contributed by atoms with Crippen molar-refractivity contribution >= 4 is 11.6 Å². The van der Waals surface area contributed by atoms with E-state index in [0.717, 1.165) is 31.5 Å². The molecule has 2 unspecified atom stereocenters. The number of hydrogen-bond acceptors (Lipinski definition) is 4. The van der Waals surface area contributed by atoms with E-state index < -0.39 is 18.0 Å². The third-order valence-corrected chi connectivity index (χ3v) is 4.75. The fourth-order valence-electron chi connectivity index (χ4n) is 3.20. The molecule has 1 fully saturated rings. The Morgan fingerprint density at radius 1 is 1.00 bits per heavy atom. The van der Waals surface area contributed by atoms with Crippen LogP contribution in [-0.4, -0.2) is 29.6 Å². The lowest BCUT2D eigenvalue weighted by Gasteiger charge is -2.40. The standard InChI is InChI=1S/C19H22ClNO3/c20-16-8-4-5-14(13-16)17(22)18(23)24-19(9-11-21-12-10-19)15-6-2-1-3-7-15/h1-8,13,17-18,21-23H,9-12H2. The molecule has 4 nitrogen and oxygen atoms in total. The van der Waals surface area contributed by atoms with Crippen molar-refractivity contribution < 1.29 is 14.9 Å². The number of ether oxygens (including phenoxy) is 1. The minimum Gasteiger partial charge on any atom is -0.383 e. The van der Waals surface area contributed by atoms with Gasteiger partial charge in [0.2, 0.25) is 0 Å². The van der Waals surface area contributed by atoms with Crippen LogP contribution in [0.1, 0.15) is 30.1 Å². The van der Waals surface area contributed by atoms with Crippen LogP contribution in [0.3, 0.4) is 0 Å². The molecule has 2 aromatic carbocycles. The number of aliphatic hydroxyl groups excluding tert-OH is 2. The van der Waals surface area contributed by atoms with Crippen LogP contribution in [0.4, 0.5) is 0 Å². The predicted molar refractivity (Wildman–Crippen MR) is 93.7 cm³/mol. The third kappa shape index (κ3) is 3.79.